The van der Waals surface area contributed by atoms with E-state index < -0.39 is 0 Å². The van der Waals surface area contributed by atoms with E-state index in [0.29, 0.717) is 11.5 Å². The van der Waals surface area contributed by atoms with E-state index in [1.807, 2.05) is 47.5 Å². The van der Waals surface area contributed by atoms with Crippen molar-refractivity contribution in [2.75, 3.05) is 0 Å². The Hall–Kier alpha value is -4.47. The molecule has 0 aliphatic heterocycles. The average Bonchev–Trinajstić information content (AvgIpc) is 3.60. The molecule has 0 amide bonds. The summed E-state index contributed by atoms with van der Waals surface area (Å²) in [5.74, 6) is 2.06. The van der Waals surface area contributed by atoms with Gasteiger partial charge in [-0.2, -0.15) is 17.2 Å². The van der Waals surface area contributed by atoms with Crippen molar-refractivity contribution < 1.29 is 25.8 Å². The summed E-state index contributed by atoms with van der Waals surface area (Å²) in [7, 11) is 0. The predicted octanol–water partition coefficient (Wildman–Crippen LogP) is 9.34. The Balaban J connectivity index is 0.00000343. The number of aromatic nitrogens is 4. The summed E-state index contributed by atoms with van der Waals surface area (Å²) in [5.41, 5.74) is 8.76. The van der Waals surface area contributed by atoms with Gasteiger partial charge in [-0.3, -0.25) is 4.68 Å². The predicted molar refractivity (Wildman–Crippen MR) is 173 cm³/mol. The van der Waals surface area contributed by atoms with Crippen molar-refractivity contribution >= 4 is 21.8 Å². The Kier molecular flexibility index (Phi) is 7.77. The smallest absolute Gasteiger partial charge is 0.509 e. The second kappa shape index (κ2) is 11.6. The van der Waals surface area contributed by atoms with E-state index in [0.717, 1.165) is 38.9 Å². The Bertz CT molecular complexity index is 2110. The molecular formula is C38H32N4OPt. The largest absolute Gasteiger partial charge is 2.00 e. The summed E-state index contributed by atoms with van der Waals surface area (Å²) in [6.07, 6.45) is 5.83. The number of ether oxygens (including phenoxy) is 1. The molecule has 4 aromatic carbocycles. The second-order valence-electron chi connectivity index (χ2n) is 12.0. The van der Waals surface area contributed by atoms with Crippen molar-refractivity contribution in [1.82, 2.24) is 19.3 Å². The molecule has 0 aliphatic rings. The van der Waals surface area contributed by atoms with Crippen LogP contribution in [0.15, 0.2) is 104 Å². The number of nitrogens with zero attached hydrogens (tertiary/aromatic N) is 4. The van der Waals surface area contributed by atoms with E-state index >= 15 is 0 Å². The van der Waals surface area contributed by atoms with Gasteiger partial charge in [0.25, 0.3) is 0 Å². The Morgan fingerprint density at radius 2 is 1.52 bits per heavy atom. The van der Waals surface area contributed by atoms with Gasteiger partial charge in [-0.25, -0.2) is 4.98 Å². The topological polar surface area (TPSA) is 44.9 Å². The zero-order valence-corrected chi connectivity index (χ0v) is 27.6. The summed E-state index contributed by atoms with van der Waals surface area (Å²) in [6.45, 7) is 10.9. The van der Waals surface area contributed by atoms with E-state index in [9.17, 15) is 0 Å². The molecular weight excluding hydrogens is 724 g/mol. The van der Waals surface area contributed by atoms with E-state index in [1.165, 1.54) is 22.3 Å². The number of hydrogen-bond donors (Lipinski definition) is 0. The van der Waals surface area contributed by atoms with Gasteiger partial charge in [0.05, 0.1) is 6.20 Å². The van der Waals surface area contributed by atoms with E-state index in [2.05, 4.69) is 117 Å². The molecule has 7 aromatic rings. The van der Waals surface area contributed by atoms with Crippen LogP contribution in [0.25, 0.3) is 44.4 Å². The molecule has 3 aromatic heterocycles. The average molecular weight is 756 g/mol. The van der Waals surface area contributed by atoms with Gasteiger partial charge in [0.15, 0.2) is 0 Å². The number of aryl methyl sites for hydroxylation is 2. The first-order valence-electron chi connectivity index (χ1n) is 14.5. The maximum absolute atomic E-state index is 6.36. The van der Waals surface area contributed by atoms with Crippen LogP contribution in [0.4, 0.5) is 0 Å². The van der Waals surface area contributed by atoms with Crippen molar-refractivity contribution in [2.45, 2.75) is 40.0 Å². The summed E-state index contributed by atoms with van der Waals surface area (Å²) >= 11 is 0. The van der Waals surface area contributed by atoms with Crippen molar-refractivity contribution in [1.29, 1.82) is 0 Å². The van der Waals surface area contributed by atoms with E-state index in [1.54, 1.807) is 0 Å². The standard InChI is InChI=1S/C38H32N4O.Pt/c1-25-10-8-11-26(2)37(25)27-23-40-41(24-27)29-12-9-13-30(21-29)43-31-16-17-33-32-14-6-7-15-34(32)42(35(33)22-31)36-20-28(18-19-39-36)38(3,4)5;/h6-20,23-24H,1-5H3;/q-2;+2. The molecule has 0 aliphatic carbocycles. The molecule has 0 unspecified atom stereocenters. The zero-order chi connectivity index (χ0) is 29.7. The Morgan fingerprint density at radius 1 is 0.773 bits per heavy atom. The Morgan fingerprint density at radius 3 is 2.32 bits per heavy atom. The molecule has 0 spiro atoms. The van der Waals surface area contributed by atoms with Gasteiger partial charge in [0.2, 0.25) is 0 Å². The van der Waals surface area contributed by atoms with E-state index in [-0.39, 0.29) is 26.5 Å². The quantitative estimate of drug-likeness (QED) is 0.165. The van der Waals surface area contributed by atoms with Crippen LogP contribution in [0.2, 0.25) is 0 Å². The van der Waals surface area contributed by atoms with Crippen molar-refractivity contribution in [3.63, 3.8) is 0 Å². The number of hydrogen-bond acceptors (Lipinski definition) is 3. The molecule has 0 bridgehead atoms. The molecule has 0 saturated heterocycles. The maximum atomic E-state index is 6.36. The minimum Gasteiger partial charge on any atom is -0.509 e. The minimum absolute atomic E-state index is 0. The molecule has 6 heteroatoms. The minimum atomic E-state index is 0. The van der Waals surface area contributed by atoms with Crippen LogP contribution in [0.3, 0.4) is 0 Å². The zero-order valence-electron chi connectivity index (χ0n) is 25.3. The molecule has 7 rings (SSSR count). The van der Waals surface area contributed by atoms with Gasteiger partial charge in [-0.1, -0.05) is 62.7 Å². The van der Waals surface area contributed by atoms with Gasteiger partial charge in [0, 0.05) is 35.0 Å². The first kappa shape index (κ1) is 29.6. The third kappa shape index (κ3) is 5.37. The fourth-order valence-corrected chi connectivity index (χ4v) is 5.78. The molecule has 0 fully saturated rings. The van der Waals surface area contributed by atoms with Crippen molar-refractivity contribution in [2.24, 2.45) is 0 Å². The Labute approximate surface area is 272 Å². The van der Waals surface area contributed by atoms with Crippen LogP contribution in [-0.4, -0.2) is 19.3 Å². The molecule has 0 atom stereocenters. The van der Waals surface area contributed by atoms with Crippen molar-refractivity contribution in [3.8, 4) is 34.1 Å². The molecule has 220 valence electrons. The molecule has 0 saturated carbocycles. The maximum Gasteiger partial charge on any atom is 2.00 e. The SMILES string of the molecule is Cc1cccc(C)c1-c1cnn(-c2[c-]c(Oc3[c-]c4c(cc3)c3ccccc3n4-c3cc(C(C)(C)C)ccn3)ccc2)c1.[Pt+2]. The molecule has 3 heterocycles. The van der Waals surface area contributed by atoms with Gasteiger partial charge in [0.1, 0.15) is 5.82 Å². The molecule has 0 N–H and O–H groups in total. The molecule has 44 heavy (non-hydrogen) atoms. The van der Waals surface area contributed by atoms with Crippen LogP contribution < -0.4 is 4.74 Å². The normalized spacial score (nSPS) is 11.6. The van der Waals surface area contributed by atoms with Crippen LogP contribution in [0.1, 0.15) is 37.5 Å². The molecule has 5 nitrogen and oxygen atoms in total. The number of fused-ring (bicyclic) bond motifs is 3. The first-order valence-corrected chi connectivity index (χ1v) is 14.5. The van der Waals surface area contributed by atoms with Gasteiger partial charge in [-0.05, 0) is 70.8 Å². The second-order valence-corrected chi connectivity index (χ2v) is 12.0. The first-order chi connectivity index (χ1) is 20.8. The fraction of sp³-hybridized carbons (Fsp3) is 0.158. The van der Waals surface area contributed by atoms with Crippen LogP contribution >= 0.6 is 0 Å². The number of rotatable bonds is 5. The van der Waals surface area contributed by atoms with Gasteiger partial charge >= 0.3 is 21.1 Å². The van der Waals surface area contributed by atoms with Gasteiger partial charge in [-0.15, -0.1) is 35.7 Å². The summed E-state index contributed by atoms with van der Waals surface area (Å²) < 4.78 is 10.4. The van der Waals surface area contributed by atoms with E-state index in [4.69, 9.17) is 9.72 Å². The number of para-hydroxylation sites is 1. The van der Waals surface area contributed by atoms with Crippen LogP contribution in [-0.2, 0) is 26.5 Å². The summed E-state index contributed by atoms with van der Waals surface area (Å²) in [5, 5.41) is 6.88. The summed E-state index contributed by atoms with van der Waals surface area (Å²) in [6, 6.07) is 35.8. The summed E-state index contributed by atoms with van der Waals surface area (Å²) in [4.78, 5) is 4.78. The van der Waals surface area contributed by atoms with Crippen LogP contribution in [0.5, 0.6) is 11.5 Å². The third-order valence-electron chi connectivity index (χ3n) is 7.97. The number of pyridine rings is 1. The van der Waals surface area contributed by atoms with Gasteiger partial charge < -0.3 is 9.30 Å². The third-order valence-corrected chi connectivity index (χ3v) is 7.97. The monoisotopic (exact) mass is 755 g/mol. The number of benzene rings is 4. The molecule has 0 radical (unpaired) electrons. The fourth-order valence-electron chi connectivity index (χ4n) is 5.78. The van der Waals surface area contributed by atoms with Crippen LogP contribution in [0, 0.1) is 26.0 Å². The van der Waals surface area contributed by atoms with Crippen molar-refractivity contribution in [3.05, 3.63) is 132 Å².